The van der Waals surface area contributed by atoms with Crippen LogP contribution in [0.25, 0.3) is 0 Å². The van der Waals surface area contributed by atoms with E-state index >= 15 is 0 Å². The van der Waals surface area contributed by atoms with Crippen molar-refractivity contribution in [1.82, 2.24) is 10.2 Å². The van der Waals surface area contributed by atoms with Crippen molar-refractivity contribution in [1.29, 1.82) is 0 Å². The summed E-state index contributed by atoms with van der Waals surface area (Å²) in [6.45, 7) is 8.93. The van der Waals surface area contributed by atoms with Gasteiger partial charge in [0.05, 0.1) is 5.41 Å². The van der Waals surface area contributed by atoms with Gasteiger partial charge in [-0.3, -0.25) is 14.9 Å². The number of carbonyl (C=O) groups excluding carboxylic acids is 3. The first kappa shape index (κ1) is 23.1. The molecule has 1 aliphatic rings. The highest BCUT2D eigenvalue weighted by Gasteiger charge is 2.41. The van der Waals surface area contributed by atoms with Crippen LogP contribution in [0.5, 0.6) is 0 Å². The minimum atomic E-state index is -0.538. The van der Waals surface area contributed by atoms with E-state index in [4.69, 9.17) is 0 Å². The molecule has 0 radical (unpaired) electrons. The summed E-state index contributed by atoms with van der Waals surface area (Å²) in [6, 6.07) is 9.49. The zero-order valence-electron chi connectivity index (χ0n) is 18.4. The predicted octanol–water partition coefficient (Wildman–Crippen LogP) is 4.70. The van der Waals surface area contributed by atoms with Gasteiger partial charge in [0.2, 0.25) is 5.91 Å². The third-order valence-corrected chi connectivity index (χ3v) is 6.24. The molecule has 3 amide bonds. The van der Waals surface area contributed by atoms with Crippen molar-refractivity contribution in [2.45, 2.75) is 71.6 Å². The van der Waals surface area contributed by atoms with E-state index in [-0.39, 0.29) is 23.6 Å². The van der Waals surface area contributed by atoms with Gasteiger partial charge in [0, 0.05) is 19.0 Å². The van der Waals surface area contributed by atoms with E-state index in [0.717, 1.165) is 31.2 Å². The van der Waals surface area contributed by atoms with Crippen LogP contribution in [-0.4, -0.2) is 35.7 Å². The summed E-state index contributed by atoms with van der Waals surface area (Å²) < 4.78 is 0. The molecule has 1 aromatic rings. The lowest BCUT2D eigenvalue weighted by Gasteiger charge is -2.40. The van der Waals surface area contributed by atoms with Gasteiger partial charge in [-0.05, 0) is 44.1 Å². The molecular weight excluding hydrogens is 364 g/mol. The molecule has 29 heavy (non-hydrogen) atoms. The first-order valence-corrected chi connectivity index (χ1v) is 11.0. The van der Waals surface area contributed by atoms with E-state index in [1.165, 1.54) is 0 Å². The number of nitrogens with one attached hydrogen (secondary N) is 1. The van der Waals surface area contributed by atoms with Gasteiger partial charge in [0.15, 0.2) is 0 Å². The molecule has 1 saturated heterocycles. The molecule has 1 atom stereocenters. The molecule has 160 valence electrons. The average molecular weight is 401 g/mol. The lowest BCUT2D eigenvalue weighted by atomic mass is 9.70. The molecule has 1 N–H and O–H groups in total. The summed E-state index contributed by atoms with van der Waals surface area (Å²) >= 11 is 0. The van der Waals surface area contributed by atoms with Gasteiger partial charge in [-0.1, -0.05) is 63.9 Å². The number of imide groups is 1. The summed E-state index contributed by atoms with van der Waals surface area (Å²) in [5.74, 6) is 0.398. The number of carbonyl (C=O) groups is 3. The number of nitrogens with zero attached hydrogens (tertiary/aromatic N) is 1. The van der Waals surface area contributed by atoms with Gasteiger partial charge in [-0.15, -0.1) is 0 Å². The van der Waals surface area contributed by atoms with Gasteiger partial charge < -0.3 is 4.90 Å². The third kappa shape index (κ3) is 5.91. The Morgan fingerprint density at radius 2 is 1.66 bits per heavy atom. The lowest BCUT2D eigenvalue weighted by molar-refractivity contribution is -0.126. The molecule has 0 spiro atoms. The summed E-state index contributed by atoms with van der Waals surface area (Å²) in [4.78, 5) is 39.5. The van der Waals surface area contributed by atoms with Gasteiger partial charge in [0.25, 0.3) is 0 Å². The standard InChI is InChI=1S/C24H36N2O3/c1-5-9-20(13-12-18(2)3)22(28)25-23(29)26-16-14-24(15-17-26,19(4)27)21-10-7-6-8-11-21/h6-8,10-11,18,20H,5,9,12-17H2,1-4H3,(H,25,28,29)/t20-/m0/s1. The van der Waals surface area contributed by atoms with Crippen LogP contribution < -0.4 is 5.32 Å². The number of urea groups is 1. The maximum atomic E-state index is 12.7. The minimum absolute atomic E-state index is 0.114. The van der Waals surface area contributed by atoms with Gasteiger partial charge in [-0.25, -0.2) is 4.79 Å². The molecule has 0 saturated carbocycles. The van der Waals surface area contributed by atoms with E-state index in [2.05, 4.69) is 26.1 Å². The molecule has 1 aromatic carbocycles. The van der Waals surface area contributed by atoms with Crippen molar-refractivity contribution < 1.29 is 14.4 Å². The minimum Gasteiger partial charge on any atom is -0.324 e. The highest BCUT2D eigenvalue weighted by molar-refractivity contribution is 5.95. The maximum absolute atomic E-state index is 12.7. The van der Waals surface area contributed by atoms with Gasteiger partial charge in [0.1, 0.15) is 5.78 Å². The zero-order valence-corrected chi connectivity index (χ0v) is 18.4. The Hall–Kier alpha value is -2.17. The van der Waals surface area contributed by atoms with Crippen molar-refractivity contribution in [3.05, 3.63) is 35.9 Å². The largest absolute Gasteiger partial charge is 0.324 e. The number of hydrogen-bond donors (Lipinski definition) is 1. The zero-order chi connectivity index (χ0) is 21.4. The molecule has 5 heteroatoms. The van der Waals surface area contributed by atoms with Crippen LogP contribution in [0.4, 0.5) is 4.79 Å². The molecule has 1 aliphatic heterocycles. The number of amides is 3. The Morgan fingerprint density at radius 3 is 2.17 bits per heavy atom. The number of ketones is 1. The van der Waals surface area contributed by atoms with E-state index in [0.29, 0.717) is 31.8 Å². The number of benzene rings is 1. The fraction of sp³-hybridized carbons (Fsp3) is 0.625. The highest BCUT2D eigenvalue weighted by Crippen LogP contribution is 2.36. The fourth-order valence-corrected chi connectivity index (χ4v) is 4.27. The van der Waals surface area contributed by atoms with Crippen LogP contribution in [0.2, 0.25) is 0 Å². The monoisotopic (exact) mass is 400 g/mol. The van der Waals surface area contributed by atoms with Crippen molar-refractivity contribution in [3.8, 4) is 0 Å². The topological polar surface area (TPSA) is 66.5 Å². The Morgan fingerprint density at radius 1 is 1.03 bits per heavy atom. The SMILES string of the molecule is CCC[C@@H](CCC(C)C)C(=O)NC(=O)N1CCC(C(C)=O)(c2ccccc2)CC1. The number of rotatable bonds is 8. The summed E-state index contributed by atoms with van der Waals surface area (Å²) in [7, 11) is 0. The number of hydrogen-bond acceptors (Lipinski definition) is 3. The molecule has 0 bridgehead atoms. The molecule has 0 aliphatic carbocycles. The van der Waals surface area contributed by atoms with E-state index in [1.54, 1.807) is 11.8 Å². The second-order valence-electron chi connectivity index (χ2n) is 8.74. The van der Waals surface area contributed by atoms with E-state index < -0.39 is 5.41 Å². The predicted molar refractivity (Wildman–Crippen MR) is 116 cm³/mol. The first-order chi connectivity index (χ1) is 13.8. The molecule has 0 aromatic heterocycles. The third-order valence-electron chi connectivity index (χ3n) is 6.24. The van der Waals surface area contributed by atoms with Crippen molar-refractivity contribution >= 4 is 17.7 Å². The summed E-state index contributed by atoms with van der Waals surface area (Å²) in [6.07, 6.45) is 4.68. The normalized spacial score (nSPS) is 17.1. The first-order valence-electron chi connectivity index (χ1n) is 11.0. The number of Topliss-reactive ketones (excluding diaryl/α,β-unsaturated/α-hetero) is 1. The number of piperidine rings is 1. The van der Waals surface area contributed by atoms with Crippen LogP contribution in [-0.2, 0) is 15.0 Å². The lowest BCUT2D eigenvalue weighted by Crippen LogP contribution is -2.52. The van der Waals surface area contributed by atoms with Crippen molar-refractivity contribution in [2.24, 2.45) is 11.8 Å². The fourth-order valence-electron chi connectivity index (χ4n) is 4.27. The molecule has 1 heterocycles. The second kappa shape index (κ2) is 10.6. The Bertz CT molecular complexity index is 691. The van der Waals surface area contributed by atoms with Crippen molar-refractivity contribution in [2.75, 3.05) is 13.1 Å². The summed E-state index contributed by atoms with van der Waals surface area (Å²) in [5.41, 5.74) is 0.477. The van der Waals surface area contributed by atoms with Crippen LogP contribution in [0.15, 0.2) is 30.3 Å². The van der Waals surface area contributed by atoms with Crippen molar-refractivity contribution in [3.63, 3.8) is 0 Å². The molecule has 1 fully saturated rings. The smallest absolute Gasteiger partial charge is 0.324 e. The van der Waals surface area contributed by atoms with Crippen LogP contribution in [0.3, 0.4) is 0 Å². The Labute approximate surface area is 175 Å². The quantitative estimate of drug-likeness (QED) is 0.688. The molecule has 2 rings (SSSR count). The number of likely N-dealkylation sites (tertiary alicyclic amines) is 1. The van der Waals surface area contributed by atoms with Gasteiger partial charge in [-0.2, -0.15) is 0 Å². The Kier molecular flexibility index (Phi) is 8.42. The average Bonchev–Trinajstić information content (AvgIpc) is 2.71. The van der Waals surface area contributed by atoms with Crippen LogP contribution in [0, 0.1) is 11.8 Å². The highest BCUT2D eigenvalue weighted by atomic mass is 16.2. The maximum Gasteiger partial charge on any atom is 0.324 e. The molecule has 5 nitrogen and oxygen atoms in total. The van der Waals surface area contributed by atoms with Crippen LogP contribution in [0.1, 0.15) is 71.8 Å². The van der Waals surface area contributed by atoms with Crippen LogP contribution >= 0.6 is 0 Å². The van der Waals surface area contributed by atoms with E-state index in [9.17, 15) is 14.4 Å². The summed E-state index contributed by atoms with van der Waals surface area (Å²) in [5, 5.41) is 2.62. The Balaban J connectivity index is 1.98. The molecular formula is C24H36N2O3. The second-order valence-corrected chi connectivity index (χ2v) is 8.74. The molecule has 0 unspecified atom stereocenters. The van der Waals surface area contributed by atoms with Gasteiger partial charge >= 0.3 is 6.03 Å². The van der Waals surface area contributed by atoms with E-state index in [1.807, 2.05) is 30.3 Å².